The van der Waals surface area contributed by atoms with Crippen LogP contribution in [0.25, 0.3) is 10.8 Å². The molecule has 0 aliphatic heterocycles. The number of benzene rings is 1. The van der Waals surface area contributed by atoms with Gasteiger partial charge in [0.2, 0.25) is 0 Å². The molecule has 0 nitrogen and oxygen atoms in total. The fourth-order valence-corrected chi connectivity index (χ4v) is 3.47. The van der Waals surface area contributed by atoms with Crippen molar-refractivity contribution in [2.24, 2.45) is 0 Å². The second-order valence-corrected chi connectivity index (χ2v) is 6.57. The van der Waals surface area contributed by atoms with Crippen LogP contribution in [0, 0.1) is 27.7 Å². The SMILES string of the molecule is CCCc1cc2ccccc2[cH-]1.CC[c-]1c(C)c(C)c(C)c1C.[F-].[F-].[Zr+4]. The van der Waals surface area contributed by atoms with Crippen molar-refractivity contribution in [1.29, 1.82) is 0 Å². The summed E-state index contributed by atoms with van der Waals surface area (Å²) in [6, 6.07) is 13.1. The third-order valence-corrected chi connectivity index (χ3v) is 5.16. The summed E-state index contributed by atoms with van der Waals surface area (Å²) < 4.78 is 0. The molecule has 0 fully saturated rings. The molecule has 0 amide bonds. The van der Waals surface area contributed by atoms with Crippen LogP contribution >= 0.6 is 0 Å². The summed E-state index contributed by atoms with van der Waals surface area (Å²) in [6.45, 7) is 13.3. The minimum Gasteiger partial charge on any atom is -1.00 e. The molecule has 3 rings (SSSR count). The van der Waals surface area contributed by atoms with Gasteiger partial charge in [0.25, 0.3) is 0 Å². The first-order valence-electron chi connectivity index (χ1n) is 8.85. The van der Waals surface area contributed by atoms with E-state index in [4.69, 9.17) is 0 Å². The molecule has 3 aromatic carbocycles. The fraction of sp³-hybridized carbons (Fsp3) is 0.391. The van der Waals surface area contributed by atoms with Gasteiger partial charge in [-0.3, -0.25) is 0 Å². The second kappa shape index (κ2) is 12.3. The topological polar surface area (TPSA) is 0 Å². The van der Waals surface area contributed by atoms with E-state index < -0.39 is 0 Å². The van der Waals surface area contributed by atoms with Crippen LogP contribution in [0.5, 0.6) is 0 Å². The van der Waals surface area contributed by atoms with Gasteiger partial charge in [-0.2, -0.15) is 33.9 Å². The first-order chi connectivity index (χ1) is 11.0. The van der Waals surface area contributed by atoms with E-state index in [2.05, 4.69) is 77.9 Å². The van der Waals surface area contributed by atoms with E-state index in [0.29, 0.717) is 0 Å². The number of fused-ring (bicyclic) bond motifs is 1. The normalized spacial score (nSPS) is 9.46. The summed E-state index contributed by atoms with van der Waals surface area (Å²) >= 11 is 0. The molecule has 0 spiro atoms. The van der Waals surface area contributed by atoms with Gasteiger partial charge in [0.05, 0.1) is 0 Å². The monoisotopic (exact) mass is 434 g/mol. The Balaban J connectivity index is 0. The largest absolute Gasteiger partial charge is 4.00 e. The first-order valence-corrected chi connectivity index (χ1v) is 8.85. The Hall–Kier alpha value is -1.08. The Morgan fingerprint density at radius 3 is 1.85 bits per heavy atom. The van der Waals surface area contributed by atoms with Crippen LogP contribution in [0.2, 0.25) is 0 Å². The molecule has 26 heavy (non-hydrogen) atoms. The Morgan fingerprint density at radius 2 is 1.42 bits per heavy atom. The number of hydrogen-bond donors (Lipinski definition) is 0. The Morgan fingerprint density at radius 1 is 0.885 bits per heavy atom. The molecule has 0 atom stereocenters. The van der Waals surface area contributed by atoms with Gasteiger partial charge >= 0.3 is 26.2 Å². The van der Waals surface area contributed by atoms with Gasteiger partial charge in [-0.1, -0.05) is 60.5 Å². The molecule has 0 unspecified atom stereocenters. The van der Waals surface area contributed by atoms with E-state index in [-0.39, 0.29) is 35.6 Å². The molecule has 0 aliphatic carbocycles. The van der Waals surface area contributed by atoms with Crippen LogP contribution in [0.3, 0.4) is 0 Å². The molecule has 0 saturated carbocycles. The van der Waals surface area contributed by atoms with Gasteiger partial charge in [0.15, 0.2) is 0 Å². The van der Waals surface area contributed by atoms with Crippen LogP contribution in [0.1, 0.15) is 53.6 Å². The van der Waals surface area contributed by atoms with Crippen LogP contribution < -0.4 is 9.41 Å². The maximum atomic E-state index is 2.29. The molecule has 3 heteroatoms. The van der Waals surface area contributed by atoms with Crippen molar-refractivity contribution in [2.45, 2.75) is 60.8 Å². The average Bonchev–Trinajstić information content (AvgIpc) is 3.04. The first kappa shape index (κ1) is 27.1. The summed E-state index contributed by atoms with van der Waals surface area (Å²) in [5.74, 6) is 0. The van der Waals surface area contributed by atoms with Crippen LogP contribution in [-0.2, 0) is 39.0 Å². The van der Waals surface area contributed by atoms with Gasteiger partial charge in [-0.05, 0) is 6.42 Å². The summed E-state index contributed by atoms with van der Waals surface area (Å²) in [5, 5.41) is 2.75. The Bertz CT molecular complexity index is 722. The minimum atomic E-state index is 0. The Labute approximate surface area is 176 Å². The zero-order valence-corrected chi connectivity index (χ0v) is 19.3. The molecule has 0 heterocycles. The molecular weight excluding hydrogens is 405 g/mol. The van der Waals surface area contributed by atoms with Crippen molar-refractivity contribution < 1.29 is 35.6 Å². The predicted octanol–water partition coefficient (Wildman–Crippen LogP) is 0.718. The molecule has 0 bridgehead atoms. The molecule has 0 aliphatic rings. The van der Waals surface area contributed by atoms with Crippen molar-refractivity contribution in [3.05, 3.63) is 69.8 Å². The minimum absolute atomic E-state index is 0. The molecule has 140 valence electrons. The maximum absolute atomic E-state index is 2.29. The van der Waals surface area contributed by atoms with Crippen molar-refractivity contribution in [3.8, 4) is 0 Å². The van der Waals surface area contributed by atoms with E-state index in [1.54, 1.807) is 5.56 Å². The van der Waals surface area contributed by atoms with Gasteiger partial charge in [-0.15, -0.1) is 40.6 Å². The zero-order valence-electron chi connectivity index (χ0n) is 16.8. The molecule has 0 saturated heterocycles. The quantitative estimate of drug-likeness (QED) is 0.532. The number of aryl methyl sites for hydroxylation is 1. The van der Waals surface area contributed by atoms with Crippen LogP contribution in [0.4, 0.5) is 0 Å². The molecule has 0 radical (unpaired) electrons. The van der Waals surface area contributed by atoms with Gasteiger partial charge in [0, 0.05) is 0 Å². The third kappa shape index (κ3) is 5.98. The third-order valence-electron chi connectivity index (χ3n) is 5.16. The predicted molar refractivity (Wildman–Crippen MR) is 104 cm³/mol. The fourth-order valence-electron chi connectivity index (χ4n) is 3.47. The smallest absolute Gasteiger partial charge is 1.00 e. The van der Waals surface area contributed by atoms with Gasteiger partial charge in [-0.25, -0.2) is 0 Å². The average molecular weight is 436 g/mol. The summed E-state index contributed by atoms with van der Waals surface area (Å²) in [5.41, 5.74) is 9.00. The number of hydrogen-bond acceptors (Lipinski definition) is 0. The standard InChI is InChI=1S/C12H13.C11H17.2FH.Zr/c1-2-5-10-8-11-6-3-4-7-12(11)9-10;1-6-11-9(4)7(2)8(3)10(11)5;;;/h3-4,6-9H,2,5H2,1H3;6H2,1-5H3;2*1H;/q2*-1;;;+4/p-2. The number of rotatable bonds is 3. The maximum Gasteiger partial charge on any atom is 4.00 e. The summed E-state index contributed by atoms with van der Waals surface area (Å²) in [7, 11) is 0. The molecule has 3 aromatic rings. The Kier molecular flexibility index (Phi) is 12.9. The van der Waals surface area contributed by atoms with Gasteiger partial charge in [0.1, 0.15) is 0 Å². The van der Waals surface area contributed by atoms with Crippen molar-refractivity contribution in [3.63, 3.8) is 0 Å². The molecular formula is C23H30F2Zr. The van der Waals surface area contributed by atoms with E-state index in [0.717, 1.165) is 0 Å². The van der Waals surface area contributed by atoms with Crippen molar-refractivity contribution in [2.75, 3.05) is 0 Å². The molecule has 0 N–H and O–H groups in total. The molecule has 0 aromatic heterocycles. The second-order valence-electron chi connectivity index (χ2n) is 6.57. The summed E-state index contributed by atoms with van der Waals surface area (Å²) in [6.07, 6.45) is 3.61. The van der Waals surface area contributed by atoms with Crippen LogP contribution in [0.15, 0.2) is 36.4 Å². The number of halogens is 2. The van der Waals surface area contributed by atoms with E-state index in [1.807, 2.05) is 0 Å². The zero-order chi connectivity index (χ0) is 17.0. The van der Waals surface area contributed by atoms with E-state index >= 15 is 0 Å². The van der Waals surface area contributed by atoms with Gasteiger partial charge < -0.3 is 9.41 Å². The van der Waals surface area contributed by atoms with E-state index in [9.17, 15) is 0 Å². The van der Waals surface area contributed by atoms with Crippen molar-refractivity contribution >= 4 is 10.8 Å². The van der Waals surface area contributed by atoms with E-state index in [1.165, 1.54) is 57.9 Å². The van der Waals surface area contributed by atoms with Crippen molar-refractivity contribution in [1.82, 2.24) is 0 Å². The van der Waals surface area contributed by atoms with Crippen LogP contribution in [-0.4, -0.2) is 0 Å². The summed E-state index contributed by atoms with van der Waals surface area (Å²) in [4.78, 5) is 0.